The fourth-order valence-corrected chi connectivity index (χ4v) is 3.91. The molecule has 6 heteroatoms. The smallest absolute Gasteiger partial charge is 0.257 e. The molecule has 1 N–H and O–H groups in total. The summed E-state index contributed by atoms with van der Waals surface area (Å²) in [6, 6.07) is 11.0. The van der Waals surface area contributed by atoms with Crippen molar-refractivity contribution in [2.45, 2.75) is 38.5 Å². The van der Waals surface area contributed by atoms with Crippen molar-refractivity contribution in [3.05, 3.63) is 53.3 Å². The summed E-state index contributed by atoms with van der Waals surface area (Å²) in [4.78, 5) is 32.0. The first kappa shape index (κ1) is 19.4. The number of piperidine rings is 1. The van der Waals surface area contributed by atoms with Gasteiger partial charge in [-0.2, -0.15) is 0 Å². The van der Waals surface area contributed by atoms with E-state index in [-0.39, 0.29) is 17.7 Å². The topological polar surface area (TPSA) is 71.5 Å². The Morgan fingerprint density at radius 1 is 1.03 bits per heavy atom. The third-order valence-electron chi connectivity index (χ3n) is 5.78. The number of hydrogen-bond donors (Lipinski definition) is 1. The van der Waals surface area contributed by atoms with Crippen LogP contribution in [0.1, 0.15) is 53.3 Å². The standard InChI is InChI=1S/C23H27N3O3/c1-15-3-10-20(22(27)25-18-6-8-19(29-2)9-7-18)21(24-15)16-11-13-26(14-12-16)23(28)17-4-5-17/h3,6-10,16-17H,4-5,11-14H2,1-2H3,(H,25,27). The Labute approximate surface area is 171 Å². The molecule has 2 amide bonds. The van der Waals surface area contributed by atoms with E-state index in [9.17, 15) is 9.59 Å². The molecule has 152 valence electrons. The van der Waals surface area contributed by atoms with E-state index >= 15 is 0 Å². The molecule has 0 radical (unpaired) electrons. The molecule has 0 unspecified atom stereocenters. The Hall–Kier alpha value is -2.89. The fraction of sp³-hybridized carbons (Fsp3) is 0.435. The van der Waals surface area contributed by atoms with Gasteiger partial charge in [-0.15, -0.1) is 0 Å². The summed E-state index contributed by atoms with van der Waals surface area (Å²) in [5, 5.41) is 2.96. The van der Waals surface area contributed by atoms with Gasteiger partial charge in [-0.05, 0) is 69.0 Å². The first-order chi connectivity index (χ1) is 14.0. The molecule has 1 saturated carbocycles. The van der Waals surface area contributed by atoms with Crippen molar-refractivity contribution in [1.29, 1.82) is 0 Å². The molecule has 6 nitrogen and oxygen atoms in total. The Kier molecular flexibility index (Phi) is 5.51. The van der Waals surface area contributed by atoms with Crippen LogP contribution in [0.3, 0.4) is 0 Å². The monoisotopic (exact) mass is 393 g/mol. The van der Waals surface area contributed by atoms with E-state index in [1.54, 1.807) is 7.11 Å². The van der Waals surface area contributed by atoms with Crippen LogP contribution < -0.4 is 10.1 Å². The van der Waals surface area contributed by atoms with Gasteiger partial charge in [0.2, 0.25) is 5.91 Å². The average Bonchev–Trinajstić information content (AvgIpc) is 3.59. The fourth-order valence-electron chi connectivity index (χ4n) is 3.91. The predicted molar refractivity (Wildman–Crippen MR) is 111 cm³/mol. The van der Waals surface area contributed by atoms with Crippen LogP contribution >= 0.6 is 0 Å². The summed E-state index contributed by atoms with van der Waals surface area (Å²) >= 11 is 0. The number of carbonyl (C=O) groups excluding carboxylic acids is 2. The molecule has 0 atom stereocenters. The van der Waals surface area contributed by atoms with Crippen LogP contribution in [0.5, 0.6) is 5.75 Å². The minimum Gasteiger partial charge on any atom is -0.497 e. The quantitative estimate of drug-likeness (QED) is 0.839. The number of amides is 2. The number of nitrogens with one attached hydrogen (secondary N) is 1. The first-order valence-corrected chi connectivity index (χ1v) is 10.3. The van der Waals surface area contributed by atoms with E-state index in [4.69, 9.17) is 9.72 Å². The highest BCUT2D eigenvalue weighted by Gasteiger charge is 2.35. The summed E-state index contributed by atoms with van der Waals surface area (Å²) in [6.07, 6.45) is 3.76. The van der Waals surface area contributed by atoms with E-state index in [0.717, 1.165) is 55.9 Å². The van der Waals surface area contributed by atoms with Crippen molar-refractivity contribution in [1.82, 2.24) is 9.88 Å². The minimum atomic E-state index is -0.158. The second kappa shape index (κ2) is 8.23. The average molecular weight is 393 g/mol. The van der Waals surface area contributed by atoms with Gasteiger partial charge in [0, 0.05) is 36.3 Å². The highest BCUT2D eigenvalue weighted by atomic mass is 16.5. The number of aryl methyl sites for hydroxylation is 1. The van der Waals surface area contributed by atoms with Gasteiger partial charge in [0.1, 0.15) is 5.75 Å². The van der Waals surface area contributed by atoms with Crippen molar-refractivity contribution in [2.75, 3.05) is 25.5 Å². The van der Waals surface area contributed by atoms with Crippen LogP contribution in [0.4, 0.5) is 5.69 Å². The number of ether oxygens (including phenoxy) is 1. The summed E-state index contributed by atoms with van der Waals surface area (Å²) < 4.78 is 5.16. The Balaban J connectivity index is 1.48. The molecular formula is C23H27N3O3. The van der Waals surface area contributed by atoms with Crippen LogP contribution in [0.25, 0.3) is 0 Å². The highest BCUT2D eigenvalue weighted by Crippen LogP contribution is 2.35. The van der Waals surface area contributed by atoms with E-state index in [0.29, 0.717) is 17.2 Å². The molecular weight excluding hydrogens is 366 g/mol. The van der Waals surface area contributed by atoms with Gasteiger partial charge in [0.05, 0.1) is 18.4 Å². The minimum absolute atomic E-state index is 0.158. The number of benzene rings is 1. The van der Waals surface area contributed by atoms with Gasteiger partial charge in [0.15, 0.2) is 0 Å². The van der Waals surface area contributed by atoms with Crippen molar-refractivity contribution < 1.29 is 14.3 Å². The Bertz CT molecular complexity index is 898. The number of aromatic nitrogens is 1. The van der Waals surface area contributed by atoms with E-state index in [1.165, 1.54) is 0 Å². The lowest BCUT2D eigenvalue weighted by atomic mass is 9.89. The second-order valence-electron chi connectivity index (χ2n) is 7.94. The third-order valence-corrected chi connectivity index (χ3v) is 5.78. The van der Waals surface area contributed by atoms with Crippen molar-refractivity contribution in [2.24, 2.45) is 5.92 Å². The molecule has 1 aliphatic heterocycles. The van der Waals surface area contributed by atoms with Crippen molar-refractivity contribution in [3.8, 4) is 5.75 Å². The number of nitrogens with zero attached hydrogens (tertiary/aromatic N) is 2. The SMILES string of the molecule is COc1ccc(NC(=O)c2ccc(C)nc2C2CCN(C(=O)C3CC3)CC2)cc1. The second-order valence-corrected chi connectivity index (χ2v) is 7.94. The zero-order chi connectivity index (χ0) is 20.4. The van der Waals surface area contributed by atoms with Gasteiger partial charge in [0.25, 0.3) is 5.91 Å². The zero-order valence-electron chi connectivity index (χ0n) is 17.0. The third kappa shape index (κ3) is 4.42. The summed E-state index contributed by atoms with van der Waals surface area (Å²) in [6.45, 7) is 3.44. The normalized spacial score (nSPS) is 17.1. The molecule has 2 fully saturated rings. The molecule has 2 aliphatic rings. The Morgan fingerprint density at radius 3 is 2.34 bits per heavy atom. The first-order valence-electron chi connectivity index (χ1n) is 10.3. The van der Waals surface area contributed by atoms with Crippen LogP contribution in [0.15, 0.2) is 36.4 Å². The number of pyridine rings is 1. The van der Waals surface area contributed by atoms with Gasteiger partial charge in [-0.3, -0.25) is 14.6 Å². The molecule has 29 heavy (non-hydrogen) atoms. The molecule has 2 aromatic rings. The van der Waals surface area contributed by atoms with Crippen molar-refractivity contribution in [3.63, 3.8) is 0 Å². The van der Waals surface area contributed by atoms with E-state index in [1.807, 2.05) is 48.2 Å². The van der Waals surface area contributed by atoms with Gasteiger partial charge >= 0.3 is 0 Å². The number of hydrogen-bond acceptors (Lipinski definition) is 4. The molecule has 0 spiro atoms. The van der Waals surface area contributed by atoms with E-state index < -0.39 is 0 Å². The van der Waals surface area contributed by atoms with Crippen LogP contribution in [-0.2, 0) is 4.79 Å². The lowest BCUT2D eigenvalue weighted by Gasteiger charge is -2.32. The lowest BCUT2D eigenvalue weighted by Crippen LogP contribution is -2.39. The largest absolute Gasteiger partial charge is 0.497 e. The Morgan fingerprint density at radius 2 is 1.72 bits per heavy atom. The molecule has 2 heterocycles. The molecule has 1 aromatic heterocycles. The number of likely N-dealkylation sites (tertiary alicyclic amines) is 1. The van der Waals surface area contributed by atoms with Gasteiger partial charge in [-0.25, -0.2) is 0 Å². The van der Waals surface area contributed by atoms with Crippen LogP contribution in [-0.4, -0.2) is 41.9 Å². The number of rotatable bonds is 5. The zero-order valence-corrected chi connectivity index (χ0v) is 17.0. The molecule has 1 aliphatic carbocycles. The summed E-state index contributed by atoms with van der Waals surface area (Å²) in [5.41, 5.74) is 3.07. The maximum Gasteiger partial charge on any atom is 0.257 e. The van der Waals surface area contributed by atoms with Gasteiger partial charge in [-0.1, -0.05) is 0 Å². The lowest BCUT2D eigenvalue weighted by molar-refractivity contribution is -0.133. The maximum absolute atomic E-state index is 13.0. The number of anilines is 1. The predicted octanol–water partition coefficient (Wildman–Crippen LogP) is 3.77. The number of carbonyl (C=O) groups is 2. The van der Waals surface area contributed by atoms with Crippen LogP contribution in [0, 0.1) is 12.8 Å². The molecule has 1 aromatic carbocycles. The van der Waals surface area contributed by atoms with E-state index in [2.05, 4.69) is 5.32 Å². The van der Waals surface area contributed by atoms with Crippen LogP contribution in [0.2, 0.25) is 0 Å². The van der Waals surface area contributed by atoms with Crippen molar-refractivity contribution >= 4 is 17.5 Å². The molecule has 1 saturated heterocycles. The van der Waals surface area contributed by atoms with Gasteiger partial charge < -0.3 is 15.0 Å². The molecule has 4 rings (SSSR count). The summed E-state index contributed by atoms with van der Waals surface area (Å²) in [7, 11) is 1.61. The highest BCUT2D eigenvalue weighted by molar-refractivity contribution is 6.05. The number of methoxy groups -OCH3 is 1. The maximum atomic E-state index is 13.0. The molecule has 0 bridgehead atoms. The summed E-state index contributed by atoms with van der Waals surface area (Å²) in [5.74, 6) is 1.34.